The van der Waals surface area contributed by atoms with Gasteiger partial charge in [0, 0.05) is 12.1 Å². The van der Waals surface area contributed by atoms with Crippen LogP contribution in [-0.4, -0.2) is 48.7 Å². The minimum atomic E-state index is -1.04. The molecule has 1 aliphatic heterocycles. The minimum Gasteiger partial charge on any atom is -0.497 e. The molecular formula is C20H21NO5. The maximum Gasteiger partial charge on any atom is 0.335 e. The van der Waals surface area contributed by atoms with Crippen molar-refractivity contribution in [2.75, 3.05) is 26.8 Å². The lowest BCUT2D eigenvalue weighted by Gasteiger charge is -2.33. The highest BCUT2D eigenvalue weighted by atomic mass is 16.5. The summed E-state index contributed by atoms with van der Waals surface area (Å²) in [6.45, 7) is 3.07. The van der Waals surface area contributed by atoms with E-state index in [0.717, 1.165) is 16.9 Å². The topological polar surface area (TPSA) is 76.1 Å². The number of carbonyl (C=O) groups excluding carboxylic acids is 1. The summed E-state index contributed by atoms with van der Waals surface area (Å²) in [5.74, 6) is -0.495. The highest BCUT2D eigenvalue weighted by Crippen LogP contribution is 2.26. The second-order valence-electron chi connectivity index (χ2n) is 6.28. The van der Waals surface area contributed by atoms with E-state index in [9.17, 15) is 14.7 Å². The van der Waals surface area contributed by atoms with Crippen molar-refractivity contribution in [3.63, 3.8) is 0 Å². The summed E-state index contributed by atoms with van der Waals surface area (Å²) < 4.78 is 11.1. The normalized spacial score (nSPS) is 17.0. The average molecular weight is 355 g/mol. The molecule has 1 N–H and O–H groups in total. The Morgan fingerprint density at radius 1 is 1.19 bits per heavy atom. The van der Waals surface area contributed by atoms with Gasteiger partial charge < -0.3 is 19.5 Å². The van der Waals surface area contributed by atoms with Crippen molar-refractivity contribution in [3.05, 3.63) is 64.7 Å². The van der Waals surface area contributed by atoms with Gasteiger partial charge in [-0.2, -0.15) is 0 Å². The van der Waals surface area contributed by atoms with Crippen molar-refractivity contribution in [2.45, 2.75) is 13.0 Å². The summed E-state index contributed by atoms with van der Waals surface area (Å²) in [4.78, 5) is 25.8. The van der Waals surface area contributed by atoms with Gasteiger partial charge in [0.25, 0.3) is 5.91 Å². The van der Waals surface area contributed by atoms with Crippen LogP contribution in [-0.2, 0) is 4.74 Å². The number of hydrogen-bond acceptors (Lipinski definition) is 4. The predicted octanol–water partition coefficient (Wildman–Crippen LogP) is 2.92. The smallest absolute Gasteiger partial charge is 0.335 e. The van der Waals surface area contributed by atoms with Crippen LogP contribution in [0, 0.1) is 6.92 Å². The number of hydrogen-bond donors (Lipinski definition) is 1. The zero-order chi connectivity index (χ0) is 18.7. The van der Waals surface area contributed by atoms with Gasteiger partial charge in [0.2, 0.25) is 0 Å². The Morgan fingerprint density at radius 2 is 1.96 bits per heavy atom. The van der Waals surface area contributed by atoms with E-state index < -0.39 is 5.97 Å². The molecule has 3 rings (SSSR count). The van der Waals surface area contributed by atoms with Crippen LogP contribution in [0.3, 0.4) is 0 Å². The monoisotopic (exact) mass is 355 g/mol. The summed E-state index contributed by atoms with van der Waals surface area (Å²) in [5, 5.41) is 9.21. The zero-order valence-corrected chi connectivity index (χ0v) is 14.8. The molecule has 1 heterocycles. The van der Waals surface area contributed by atoms with Gasteiger partial charge in [0.15, 0.2) is 0 Å². The molecule has 1 saturated heterocycles. The molecule has 1 atom stereocenters. The first-order valence-corrected chi connectivity index (χ1v) is 8.38. The number of amides is 1. The zero-order valence-electron chi connectivity index (χ0n) is 14.8. The quantitative estimate of drug-likeness (QED) is 0.913. The number of aromatic carboxylic acids is 1. The van der Waals surface area contributed by atoms with Crippen molar-refractivity contribution in [1.82, 2.24) is 4.90 Å². The highest BCUT2D eigenvalue weighted by molar-refractivity contribution is 5.97. The molecule has 0 aromatic heterocycles. The van der Waals surface area contributed by atoms with Gasteiger partial charge in [0.1, 0.15) is 11.9 Å². The van der Waals surface area contributed by atoms with Crippen LogP contribution < -0.4 is 4.74 Å². The van der Waals surface area contributed by atoms with Gasteiger partial charge in [-0.1, -0.05) is 12.1 Å². The van der Waals surface area contributed by atoms with Crippen LogP contribution in [0.15, 0.2) is 42.5 Å². The Hall–Kier alpha value is -2.86. The lowest BCUT2D eigenvalue weighted by molar-refractivity contribution is -0.0228. The van der Waals surface area contributed by atoms with E-state index in [1.165, 1.54) is 6.07 Å². The molecule has 0 spiro atoms. The molecule has 136 valence electrons. The second kappa shape index (κ2) is 7.58. The second-order valence-corrected chi connectivity index (χ2v) is 6.28. The predicted molar refractivity (Wildman–Crippen MR) is 95.7 cm³/mol. The maximum absolute atomic E-state index is 12.9. The number of carboxylic acid groups (broad SMARTS) is 1. The Morgan fingerprint density at radius 3 is 2.69 bits per heavy atom. The van der Waals surface area contributed by atoms with E-state index in [1.54, 1.807) is 31.1 Å². The van der Waals surface area contributed by atoms with E-state index >= 15 is 0 Å². The molecule has 1 amide bonds. The van der Waals surface area contributed by atoms with E-state index in [2.05, 4.69) is 0 Å². The fraction of sp³-hybridized carbons (Fsp3) is 0.300. The highest BCUT2D eigenvalue weighted by Gasteiger charge is 2.27. The fourth-order valence-corrected chi connectivity index (χ4v) is 3.09. The van der Waals surface area contributed by atoms with Gasteiger partial charge in [-0.25, -0.2) is 4.79 Å². The largest absolute Gasteiger partial charge is 0.497 e. The third kappa shape index (κ3) is 3.86. The van der Waals surface area contributed by atoms with Crippen LogP contribution >= 0.6 is 0 Å². The standard InChI is InChI=1S/C20H21NO5/c1-13-8-15(10-16(9-13)20(23)24)19(22)21-6-7-26-18(12-21)14-4-3-5-17(11-14)25-2/h3-5,8-11,18H,6-7,12H2,1-2H3,(H,23,24). The van der Waals surface area contributed by atoms with Crippen LogP contribution in [0.4, 0.5) is 0 Å². The molecule has 1 unspecified atom stereocenters. The first-order valence-electron chi connectivity index (χ1n) is 8.38. The van der Waals surface area contributed by atoms with Crippen molar-refractivity contribution in [2.24, 2.45) is 0 Å². The molecule has 2 aromatic rings. The van der Waals surface area contributed by atoms with Crippen molar-refractivity contribution >= 4 is 11.9 Å². The SMILES string of the molecule is COc1cccc(C2CN(C(=O)c3cc(C)cc(C(=O)O)c3)CCO2)c1. The van der Waals surface area contributed by atoms with Gasteiger partial charge in [-0.3, -0.25) is 4.79 Å². The fourth-order valence-electron chi connectivity index (χ4n) is 3.09. The van der Waals surface area contributed by atoms with E-state index in [4.69, 9.17) is 9.47 Å². The minimum absolute atomic E-state index is 0.117. The molecule has 26 heavy (non-hydrogen) atoms. The number of rotatable bonds is 4. The summed E-state index contributed by atoms with van der Waals surface area (Å²) in [7, 11) is 1.61. The molecular weight excluding hydrogens is 334 g/mol. The summed E-state index contributed by atoms with van der Waals surface area (Å²) >= 11 is 0. The first-order chi connectivity index (χ1) is 12.5. The number of ether oxygens (including phenoxy) is 2. The van der Waals surface area contributed by atoms with E-state index in [1.807, 2.05) is 24.3 Å². The summed E-state index contributed by atoms with van der Waals surface area (Å²) in [6, 6.07) is 12.3. The average Bonchev–Trinajstić information content (AvgIpc) is 2.67. The third-order valence-corrected chi connectivity index (χ3v) is 4.39. The Bertz CT molecular complexity index is 833. The van der Waals surface area contributed by atoms with Crippen molar-refractivity contribution < 1.29 is 24.2 Å². The molecule has 6 nitrogen and oxygen atoms in total. The lowest BCUT2D eigenvalue weighted by atomic mass is 10.0. The number of carboxylic acids is 1. The third-order valence-electron chi connectivity index (χ3n) is 4.39. The molecule has 2 aromatic carbocycles. The van der Waals surface area contributed by atoms with Gasteiger partial charge in [-0.15, -0.1) is 0 Å². The Kier molecular flexibility index (Phi) is 5.23. The number of nitrogens with zero attached hydrogens (tertiary/aromatic N) is 1. The van der Waals surface area contributed by atoms with E-state index in [-0.39, 0.29) is 17.6 Å². The molecule has 0 radical (unpaired) electrons. The number of methoxy groups -OCH3 is 1. The van der Waals surface area contributed by atoms with Crippen molar-refractivity contribution in [1.29, 1.82) is 0 Å². The lowest BCUT2D eigenvalue weighted by Crippen LogP contribution is -2.42. The van der Waals surface area contributed by atoms with Crippen LogP contribution in [0.1, 0.15) is 37.9 Å². The summed E-state index contributed by atoms with van der Waals surface area (Å²) in [5.41, 5.74) is 2.18. The molecule has 0 bridgehead atoms. The number of morpholine rings is 1. The Labute approximate surface area is 152 Å². The van der Waals surface area contributed by atoms with Gasteiger partial charge >= 0.3 is 5.97 Å². The molecule has 1 aliphatic rings. The number of carbonyl (C=O) groups is 2. The maximum atomic E-state index is 12.9. The van der Waals surface area contributed by atoms with Crippen LogP contribution in [0.25, 0.3) is 0 Å². The van der Waals surface area contributed by atoms with Crippen LogP contribution in [0.2, 0.25) is 0 Å². The molecule has 0 saturated carbocycles. The van der Waals surface area contributed by atoms with Crippen LogP contribution in [0.5, 0.6) is 5.75 Å². The summed E-state index contributed by atoms with van der Waals surface area (Å²) in [6.07, 6.45) is -0.244. The van der Waals surface area contributed by atoms with Crippen molar-refractivity contribution in [3.8, 4) is 5.75 Å². The first kappa shape index (κ1) is 17.9. The molecule has 6 heteroatoms. The number of aryl methyl sites for hydroxylation is 1. The number of benzene rings is 2. The van der Waals surface area contributed by atoms with E-state index in [0.29, 0.717) is 25.3 Å². The van der Waals surface area contributed by atoms with Gasteiger partial charge in [0.05, 0.1) is 25.8 Å². The molecule has 1 fully saturated rings. The Balaban J connectivity index is 1.81. The molecule has 0 aliphatic carbocycles. The van der Waals surface area contributed by atoms with Gasteiger partial charge in [-0.05, 0) is 48.4 Å².